The molecule has 6 rings (SSSR count). The zero-order valence-corrected chi connectivity index (χ0v) is 28.3. The van der Waals surface area contributed by atoms with Crippen LogP contribution in [-0.2, 0) is 9.47 Å². The van der Waals surface area contributed by atoms with Gasteiger partial charge in [-0.15, -0.1) is 0 Å². The van der Waals surface area contributed by atoms with E-state index in [1.54, 1.807) is 12.1 Å². The van der Waals surface area contributed by atoms with Gasteiger partial charge in [0.1, 0.15) is 12.2 Å². The Morgan fingerprint density at radius 2 is 1.50 bits per heavy atom. The van der Waals surface area contributed by atoms with Crippen LogP contribution in [-0.4, -0.2) is 35.4 Å². The van der Waals surface area contributed by atoms with E-state index in [0.717, 1.165) is 25.7 Å². The molecule has 3 fully saturated rings. The number of fused-ring (bicyclic) bond motifs is 5. The molecule has 4 aliphatic carbocycles. The van der Waals surface area contributed by atoms with Gasteiger partial charge >= 0.3 is 11.9 Å². The summed E-state index contributed by atoms with van der Waals surface area (Å²) in [5.41, 5.74) is 3.83. The molecule has 1 N–H and O–H groups in total. The van der Waals surface area contributed by atoms with Crippen LogP contribution in [0.4, 0.5) is 0 Å². The molecule has 0 aliphatic heterocycles. The second-order valence-corrected chi connectivity index (χ2v) is 15.4. The maximum absolute atomic E-state index is 12.8. The number of carbonyl (C=O) groups excluding carboxylic acids is 2. The summed E-state index contributed by atoms with van der Waals surface area (Å²) in [5, 5.41) is 11.7. The van der Waals surface area contributed by atoms with Gasteiger partial charge in [-0.3, -0.25) is 0 Å². The van der Waals surface area contributed by atoms with Gasteiger partial charge in [0, 0.05) is 18.3 Å². The number of rotatable bonds is 9. The lowest BCUT2D eigenvalue weighted by Gasteiger charge is -2.56. The zero-order valence-electron chi connectivity index (χ0n) is 28.3. The molecule has 0 spiro atoms. The number of ether oxygens (including phenoxy) is 2. The third-order valence-electron chi connectivity index (χ3n) is 12.6. The number of esters is 2. The van der Waals surface area contributed by atoms with E-state index in [4.69, 9.17) is 9.47 Å². The van der Waals surface area contributed by atoms with E-state index in [0.29, 0.717) is 47.6 Å². The maximum atomic E-state index is 12.8. The number of hydrogen-bond acceptors (Lipinski definition) is 5. The Bertz CT molecular complexity index is 1460. The van der Waals surface area contributed by atoms with Crippen LogP contribution in [0.1, 0.15) is 107 Å². The molecule has 0 heterocycles. The number of carbonyl (C=O) groups is 2. The highest BCUT2D eigenvalue weighted by molar-refractivity contribution is 5.89. The number of allylic oxidation sites excluding steroid dienone is 3. The van der Waals surface area contributed by atoms with Crippen LogP contribution >= 0.6 is 0 Å². The molecule has 5 nitrogen and oxygen atoms in total. The van der Waals surface area contributed by atoms with Crippen molar-refractivity contribution in [3.05, 3.63) is 95.1 Å². The summed E-state index contributed by atoms with van der Waals surface area (Å²) in [5.74, 6) is 1.72. The monoisotopic (exact) mass is 624 g/mol. The molecule has 46 heavy (non-hydrogen) atoms. The van der Waals surface area contributed by atoms with Crippen LogP contribution in [0.3, 0.4) is 0 Å². The van der Waals surface area contributed by atoms with Crippen molar-refractivity contribution in [2.45, 2.75) is 104 Å². The first-order valence-corrected chi connectivity index (χ1v) is 17.6. The summed E-state index contributed by atoms with van der Waals surface area (Å²) in [4.78, 5) is 25.6. The second kappa shape index (κ2) is 13.1. The van der Waals surface area contributed by atoms with Crippen molar-refractivity contribution in [3.63, 3.8) is 0 Å². The van der Waals surface area contributed by atoms with Crippen molar-refractivity contribution < 1.29 is 24.2 Å². The highest BCUT2D eigenvalue weighted by Gasteiger charge is 2.59. The van der Waals surface area contributed by atoms with E-state index in [1.165, 1.54) is 24.0 Å². The van der Waals surface area contributed by atoms with Crippen molar-refractivity contribution in [3.8, 4) is 0 Å². The summed E-state index contributed by atoms with van der Waals surface area (Å²) in [6, 6.07) is 18.4. The minimum absolute atomic E-state index is 0.0935. The fraction of sp³-hybridized carbons (Fsp3) is 0.561. The van der Waals surface area contributed by atoms with Gasteiger partial charge in [-0.2, -0.15) is 0 Å². The average Bonchev–Trinajstić information content (AvgIpc) is 3.41. The summed E-state index contributed by atoms with van der Waals surface area (Å²) < 4.78 is 11.9. The smallest absolute Gasteiger partial charge is 0.338 e. The van der Waals surface area contributed by atoms with Gasteiger partial charge in [0.2, 0.25) is 0 Å². The molecule has 2 aromatic carbocycles. The van der Waals surface area contributed by atoms with Crippen molar-refractivity contribution in [1.82, 2.24) is 0 Å². The molecule has 2 aromatic rings. The lowest BCUT2D eigenvalue weighted by molar-refractivity contribution is -0.0613. The van der Waals surface area contributed by atoms with E-state index >= 15 is 0 Å². The molecule has 0 aromatic heterocycles. The fourth-order valence-corrected chi connectivity index (χ4v) is 9.83. The summed E-state index contributed by atoms with van der Waals surface area (Å²) in [6.07, 6.45) is 11.4. The molecule has 3 saturated carbocycles. The number of benzene rings is 2. The molecular weight excluding hydrogens is 572 g/mol. The van der Waals surface area contributed by atoms with E-state index in [9.17, 15) is 14.7 Å². The molecule has 0 saturated heterocycles. The fourth-order valence-electron chi connectivity index (χ4n) is 9.83. The highest BCUT2D eigenvalue weighted by Crippen LogP contribution is 2.66. The minimum atomic E-state index is -0.554. The Balaban J connectivity index is 1.12. The van der Waals surface area contributed by atoms with Crippen molar-refractivity contribution in [2.75, 3.05) is 0 Å². The number of aliphatic hydroxyl groups is 1. The molecule has 246 valence electrons. The van der Waals surface area contributed by atoms with Crippen LogP contribution in [0.5, 0.6) is 0 Å². The number of aliphatic hydroxyl groups excluding tert-OH is 1. The average molecular weight is 625 g/mol. The van der Waals surface area contributed by atoms with Gasteiger partial charge in [0.05, 0.1) is 17.2 Å². The van der Waals surface area contributed by atoms with Gasteiger partial charge in [-0.1, -0.05) is 94.3 Å². The molecule has 5 heteroatoms. The predicted molar refractivity (Wildman–Crippen MR) is 181 cm³/mol. The van der Waals surface area contributed by atoms with Gasteiger partial charge in [0.15, 0.2) is 0 Å². The standard InChI is InChI=1S/C41H52O5/c1-26(2)36(46-39(44)29-14-10-7-11-15-29)21-16-27(3)33-19-20-34-32-18-17-30-24-31(45-38(43)28-12-8-6-9-13-28)25-37(42)41(30,5)35(32)22-23-40(33,34)4/h6-15,17-18,26-27,31,33-37,42H,16,19-25H2,1-5H3/t27-,31-,33-,34+,35+,36?,37+,40-,41+/m1/s1. The largest absolute Gasteiger partial charge is 0.459 e. The molecular formula is C41H52O5. The first-order chi connectivity index (χ1) is 22.0. The molecule has 9 atom stereocenters. The van der Waals surface area contributed by atoms with E-state index in [2.05, 4.69) is 46.8 Å². The van der Waals surface area contributed by atoms with Gasteiger partial charge in [-0.05, 0) is 97.8 Å². The lowest BCUT2D eigenvalue weighted by atomic mass is 9.49. The van der Waals surface area contributed by atoms with Crippen molar-refractivity contribution in [1.29, 1.82) is 0 Å². The summed E-state index contributed by atoms with van der Waals surface area (Å²) >= 11 is 0. The zero-order chi connectivity index (χ0) is 32.6. The number of hydrogen-bond donors (Lipinski definition) is 1. The third-order valence-corrected chi connectivity index (χ3v) is 12.6. The first-order valence-electron chi connectivity index (χ1n) is 17.6. The van der Waals surface area contributed by atoms with Gasteiger partial charge in [0.25, 0.3) is 0 Å². The molecule has 0 amide bonds. The first kappa shape index (κ1) is 32.7. The summed E-state index contributed by atoms with van der Waals surface area (Å²) in [7, 11) is 0. The Kier molecular flexibility index (Phi) is 9.36. The van der Waals surface area contributed by atoms with E-state index in [1.807, 2.05) is 48.5 Å². The summed E-state index contributed by atoms with van der Waals surface area (Å²) in [6.45, 7) is 11.5. The predicted octanol–water partition coefficient (Wildman–Crippen LogP) is 8.98. The second-order valence-electron chi connectivity index (χ2n) is 15.4. The molecule has 4 aliphatic rings. The molecule has 1 unspecified atom stereocenters. The third kappa shape index (κ3) is 6.01. The lowest BCUT2D eigenvalue weighted by Crippen LogP contribution is -2.53. The van der Waals surface area contributed by atoms with Crippen LogP contribution in [0.25, 0.3) is 0 Å². The van der Waals surface area contributed by atoms with Gasteiger partial charge < -0.3 is 14.6 Å². The Labute approximate surface area is 275 Å². The Morgan fingerprint density at radius 3 is 2.15 bits per heavy atom. The molecule has 0 bridgehead atoms. The Hall–Kier alpha value is -3.18. The van der Waals surface area contributed by atoms with Crippen LogP contribution in [0.2, 0.25) is 0 Å². The van der Waals surface area contributed by atoms with Crippen LogP contribution < -0.4 is 0 Å². The van der Waals surface area contributed by atoms with Crippen LogP contribution in [0, 0.1) is 40.4 Å². The highest BCUT2D eigenvalue weighted by atomic mass is 16.5. The quantitative estimate of drug-likeness (QED) is 0.282. The molecule has 0 radical (unpaired) electrons. The Morgan fingerprint density at radius 1 is 0.848 bits per heavy atom. The van der Waals surface area contributed by atoms with Crippen LogP contribution in [0.15, 0.2) is 84.0 Å². The topological polar surface area (TPSA) is 72.8 Å². The van der Waals surface area contributed by atoms with Gasteiger partial charge in [-0.25, -0.2) is 9.59 Å². The minimum Gasteiger partial charge on any atom is -0.459 e. The maximum Gasteiger partial charge on any atom is 0.338 e. The normalized spacial score (nSPS) is 33.1. The van der Waals surface area contributed by atoms with E-state index < -0.39 is 6.10 Å². The SMILES string of the molecule is CC(C)C(CC[C@@H](C)[C@H]1CC[C@H]2C3=CC=C4C[C@@H](OC(=O)c5ccccc5)C[C@H](O)[C@]4(C)[C@H]3CC[C@]12C)OC(=O)c1ccccc1. The van der Waals surface area contributed by atoms with Crippen molar-refractivity contribution in [2.24, 2.45) is 40.4 Å². The van der Waals surface area contributed by atoms with E-state index in [-0.39, 0.29) is 40.9 Å². The van der Waals surface area contributed by atoms with Crippen molar-refractivity contribution >= 4 is 11.9 Å².